The van der Waals surface area contributed by atoms with Crippen molar-refractivity contribution in [2.24, 2.45) is 28.6 Å². The molecule has 0 radical (unpaired) electrons. The molecule has 1 saturated heterocycles. The number of hydrogen-bond donors (Lipinski definition) is 1. The van der Waals surface area contributed by atoms with Crippen molar-refractivity contribution in [2.45, 2.75) is 67.4 Å². The van der Waals surface area contributed by atoms with E-state index >= 15 is 0 Å². The Morgan fingerprint density at radius 3 is 2.52 bits per heavy atom. The highest BCUT2D eigenvalue weighted by molar-refractivity contribution is 5.83. The number of amides is 1. The van der Waals surface area contributed by atoms with E-state index in [0.29, 0.717) is 11.8 Å². The van der Waals surface area contributed by atoms with Crippen molar-refractivity contribution >= 4 is 5.91 Å². The van der Waals surface area contributed by atoms with Crippen LogP contribution >= 0.6 is 0 Å². The third-order valence-corrected chi connectivity index (χ3v) is 5.54. The van der Waals surface area contributed by atoms with E-state index < -0.39 is 0 Å². The summed E-state index contributed by atoms with van der Waals surface area (Å²) in [7, 11) is 0. The van der Waals surface area contributed by atoms with Gasteiger partial charge in [0.2, 0.25) is 5.91 Å². The second-order valence-electron chi connectivity index (χ2n) is 9.37. The molecule has 1 aliphatic carbocycles. The van der Waals surface area contributed by atoms with Crippen LogP contribution in [0.1, 0.15) is 61.3 Å². The predicted octanol–water partition coefficient (Wildman–Crippen LogP) is 4.18. The van der Waals surface area contributed by atoms with E-state index in [-0.39, 0.29) is 28.8 Å². The highest BCUT2D eigenvalue weighted by atomic mass is 16.5. The van der Waals surface area contributed by atoms with Crippen LogP contribution in [-0.4, -0.2) is 25.2 Å². The Hall–Kier alpha value is -0.830. The molecule has 1 saturated carbocycles. The number of hydrogen-bond acceptors (Lipinski definition) is 2. The zero-order valence-corrected chi connectivity index (χ0v) is 16.0. The molecule has 3 nitrogen and oxygen atoms in total. The molecule has 0 aromatic rings. The molecule has 3 heteroatoms. The molecule has 4 unspecified atom stereocenters. The summed E-state index contributed by atoms with van der Waals surface area (Å²) in [6.07, 6.45) is 4.74. The SMILES string of the molecule is CC(C)=CC1C(C(=O)NCC2CCCOC2C(C)(C)C)C1(C)C. The summed E-state index contributed by atoms with van der Waals surface area (Å²) in [6.45, 7) is 16.9. The van der Waals surface area contributed by atoms with Gasteiger partial charge in [0.25, 0.3) is 0 Å². The minimum atomic E-state index is 0.0911. The summed E-state index contributed by atoms with van der Waals surface area (Å²) in [4.78, 5) is 12.6. The molecule has 132 valence electrons. The molecule has 23 heavy (non-hydrogen) atoms. The number of ether oxygens (including phenoxy) is 1. The van der Waals surface area contributed by atoms with Crippen LogP contribution in [0.4, 0.5) is 0 Å². The van der Waals surface area contributed by atoms with Gasteiger partial charge in [0.1, 0.15) is 0 Å². The quantitative estimate of drug-likeness (QED) is 0.789. The van der Waals surface area contributed by atoms with Gasteiger partial charge in [0.05, 0.1) is 12.0 Å². The van der Waals surface area contributed by atoms with Crippen LogP contribution in [0.15, 0.2) is 11.6 Å². The molecular formula is C20H35NO2. The lowest BCUT2D eigenvalue weighted by Crippen LogP contribution is -2.45. The zero-order valence-electron chi connectivity index (χ0n) is 16.0. The first kappa shape index (κ1) is 18.5. The largest absolute Gasteiger partial charge is 0.377 e. The molecule has 0 spiro atoms. The average Bonchev–Trinajstić information content (AvgIpc) is 2.95. The summed E-state index contributed by atoms with van der Waals surface area (Å²) < 4.78 is 6.02. The number of nitrogens with one attached hydrogen (secondary N) is 1. The molecule has 1 aliphatic heterocycles. The topological polar surface area (TPSA) is 38.3 Å². The standard InChI is InChI=1S/C20H35NO2/c1-13(2)11-15-16(20(15,6)7)18(22)21-12-14-9-8-10-23-17(14)19(3,4)5/h11,14-17H,8-10,12H2,1-7H3,(H,21,22). The Balaban J connectivity index is 1.93. The first-order valence-corrected chi connectivity index (χ1v) is 9.09. The van der Waals surface area contributed by atoms with Crippen LogP contribution < -0.4 is 5.32 Å². The van der Waals surface area contributed by atoms with Crippen molar-refractivity contribution in [2.75, 3.05) is 13.2 Å². The van der Waals surface area contributed by atoms with Crippen LogP contribution in [0, 0.1) is 28.6 Å². The van der Waals surface area contributed by atoms with Crippen LogP contribution in [0.25, 0.3) is 0 Å². The van der Waals surface area contributed by atoms with Crippen molar-refractivity contribution in [3.8, 4) is 0 Å². The number of carbonyl (C=O) groups is 1. The Bertz CT molecular complexity index is 469. The van der Waals surface area contributed by atoms with Crippen LogP contribution in [0.5, 0.6) is 0 Å². The minimum absolute atomic E-state index is 0.0911. The second kappa shape index (κ2) is 6.58. The monoisotopic (exact) mass is 321 g/mol. The van der Waals surface area contributed by atoms with Gasteiger partial charge in [-0.1, -0.05) is 46.3 Å². The lowest BCUT2D eigenvalue weighted by atomic mass is 9.78. The molecule has 0 bridgehead atoms. The lowest BCUT2D eigenvalue weighted by molar-refractivity contribution is -0.125. The predicted molar refractivity (Wildman–Crippen MR) is 95.1 cm³/mol. The van der Waals surface area contributed by atoms with E-state index in [9.17, 15) is 4.79 Å². The average molecular weight is 322 g/mol. The smallest absolute Gasteiger partial charge is 0.224 e. The fourth-order valence-corrected chi connectivity index (χ4v) is 4.20. The van der Waals surface area contributed by atoms with E-state index in [0.717, 1.165) is 26.0 Å². The van der Waals surface area contributed by atoms with Gasteiger partial charge < -0.3 is 10.1 Å². The maximum atomic E-state index is 12.6. The van der Waals surface area contributed by atoms with Gasteiger partial charge >= 0.3 is 0 Å². The zero-order chi connectivity index (χ0) is 17.4. The second-order valence-corrected chi connectivity index (χ2v) is 9.37. The first-order valence-electron chi connectivity index (χ1n) is 9.09. The third kappa shape index (κ3) is 4.17. The minimum Gasteiger partial charge on any atom is -0.377 e. The van der Waals surface area contributed by atoms with E-state index in [2.05, 4.69) is 59.9 Å². The lowest BCUT2D eigenvalue weighted by Gasteiger charge is -2.40. The summed E-state index contributed by atoms with van der Waals surface area (Å²) in [5.41, 5.74) is 1.51. The first-order chi connectivity index (χ1) is 10.5. The van der Waals surface area contributed by atoms with Crippen molar-refractivity contribution in [1.29, 1.82) is 0 Å². The fourth-order valence-electron chi connectivity index (χ4n) is 4.20. The van der Waals surface area contributed by atoms with Crippen molar-refractivity contribution < 1.29 is 9.53 Å². The number of rotatable bonds is 4. The molecule has 1 heterocycles. The molecule has 0 aromatic heterocycles. The van der Waals surface area contributed by atoms with Gasteiger partial charge in [-0.15, -0.1) is 0 Å². The summed E-state index contributed by atoms with van der Waals surface area (Å²) in [6, 6.07) is 0. The van der Waals surface area contributed by atoms with Crippen molar-refractivity contribution in [1.82, 2.24) is 5.32 Å². The van der Waals surface area contributed by atoms with Gasteiger partial charge in [-0.25, -0.2) is 0 Å². The van der Waals surface area contributed by atoms with E-state index in [1.54, 1.807) is 0 Å². The molecule has 2 aliphatic rings. The maximum absolute atomic E-state index is 12.6. The molecular weight excluding hydrogens is 286 g/mol. The van der Waals surface area contributed by atoms with E-state index in [1.165, 1.54) is 5.57 Å². The van der Waals surface area contributed by atoms with Crippen molar-refractivity contribution in [3.63, 3.8) is 0 Å². The van der Waals surface area contributed by atoms with Gasteiger partial charge in [0, 0.05) is 19.1 Å². The van der Waals surface area contributed by atoms with Gasteiger partial charge in [-0.2, -0.15) is 0 Å². The van der Waals surface area contributed by atoms with Crippen molar-refractivity contribution in [3.05, 3.63) is 11.6 Å². The van der Waals surface area contributed by atoms with E-state index in [4.69, 9.17) is 4.74 Å². The van der Waals surface area contributed by atoms with Crippen LogP contribution in [0.3, 0.4) is 0 Å². The summed E-state index contributed by atoms with van der Waals surface area (Å²) in [5.74, 6) is 1.15. The highest BCUT2D eigenvalue weighted by Gasteiger charge is 2.60. The molecule has 2 fully saturated rings. The summed E-state index contributed by atoms with van der Waals surface area (Å²) in [5, 5.41) is 3.23. The van der Waals surface area contributed by atoms with Gasteiger partial charge in [-0.3, -0.25) is 4.79 Å². The molecule has 2 rings (SSSR count). The van der Waals surface area contributed by atoms with Gasteiger partial charge in [0.15, 0.2) is 0 Å². The highest BCUT2D eigenvalue weighted by Crippen LogP contribution is 2.59. The molecule has 0 aromatic carbocycles. The normalized spacial score (nSPS) is 33.0. The maximum Gasteiger partial charge on any atom is 0.224 e. The number of allylic oxidation sites excluding steroid dienone is 2. The van der Waals surface area contributed by atoms with Crippen LogP contribution in [0.2, 0.25) is 0 Å². The van der Waals surface area contributed by atoms with E-state index in [1.807, 2.05) is 0 Å². The Kier molecular flexibility index (Phi) is 5.30. The van der Waals surface area contributed by atoms with Gasteiger partial charge in [-0.05, 0) is 43.4 Å². The Morgan fingerprint density at radius 1 is 1.30 bits per heavy atom. The summed E-state index contributed by atoms with van der Waals surface area (Å²) >= 11 is 0. The fraction of sp³-hybridized carbons (Fsp3) is 0.850. The molecule has 4 atom stereocenters. The Labute approximate surface area is 142 Å². The molecule has 1 N–H and O–H groups in total. The third-order valence-electron chi connectivity index (χ3n) is 5.54. The number of carbonyl (C=O) groups excluding carboxylic acids is 1. The molecule has 1 amide bonds. The van der Waals surface area contributed by atoms with Crippen LogP contribution in [-0.2, 0) is 9.53 Å². The Morgan fingerprint density at radius 2 is 1.96 bits per heavy atom.